The first-order valence-electron chi connectivity index (χ1n) is 5.09. The van der Waals surface area contributed by atoms with E-state index in [1.54, 1.807) is 0 Å². The molecule has 1 rings (SSSR count). The Balaban J connectivity index is 2.84. The molecule has 0 amide bonds. The Morgan fingerprint density at radius 1 is 1.38 bits per heavy atom. The van der Waals surface area contributed by atoms with E-state index < -0.39 is 0 Å². The van der Waals surface area contributed by atoms with Crippen molar-refractivity contribution < 1.29 is 9.47 Å². The van der Waals surface area contributed by atoms with E-state index in [4.69, 9.17) is 15.2 Å². The standard InChI is InChI=1S/C12H16BrNO2/c1-3-15-12-6-10(7-14)4-5-11(12)16-8-9(2)13/h4-6H,2-3,7-8,14H2,1H3. The molecule has 1 aromatic carbocycles. The van der Waals surface area contributed by atoms with Crippen molar-refractivity contribution in [3.63, 3.8) is 0 Å². The molecule has 16 heavy (non-hydrogen) atoms. The molecule has 0 radical (unpaired) electrons. The minimum atomic E-state index is 0.419. The van der Waals surface area contributed by atoms with Crippen molar-refractivity contribution in [2.45, 2.75) is 13.5 Å². The van der Waals surface area contributed by atoms with Crippen LogP contribution in [0.1, 0.15) is 12.5 Å². The summed E-state index contributed by atoms with van der Waals surface area (Å²) in [7, 11) is 0. The van der Waals surface area contributed by atoms with Gasteiger partial charge in [0.15, 0.2) is 11.5 Å². The highest BCUT2D eigenvalue weighted by atomic mass is 79.9. The van der Waals surface area contributed by atoms with Crippen LogP contribution in [0.2, 0.25) is 0 Å². The van der Waals surface area contributed by atoms with Crippen molar-refractivity contribution >= 4 is 15.9 Å². The van der Waals surface area contributed by atoms with Crippen LogP contribution in [0.3, 0.4) is 0 Å². The molecule has 0 aliphatic rings. The van der Waals surface area contributed by atoms with Gasteiger partial charge in [0.1, 0.15) is 6.61 Å². The van der Waals surface area contributed by atoms with Crippen LogP contribution in [-0.2, 0) is 6.54 Å². The fraction of sp³-hybridized carbons (Fsp3) is 0.333. The van der Waals surface area contributed by atoms with Crippen molar-refractivity contribution in [3.8, 4) is 11.5 Å². The summed E-state index contributed by atoms with van der Waals surface area (Å²) in [6.45, 7) is 7.15. The minimum Gasteiger partial charge on any atom is -0.490 e. The van der Waals surface area contributed by atoms with Gasteiger partial charge in [0.2, 0.25) is 0 Å². The quantitative estimate of drug-likeness (QED) is 0.874. The molecule has 1 aromatic rings. The van der Waals surface area contributed by atoms with Crippen LogP contribution >= 0.6 is 15.9 Å². The van der Waals surface area contributed by atoms with Crippen molar-refractivity contribution in [1.82, 2.24) is 0 Å². The van der Waals surface area contributed by atoms with Gasteiger partial charge in [-0.15, -0.1) is 0 Å². The molecule has 0 aliphatic carbocycles. The third-order valence-corrected chi connectivity index (χ3v) is 2.16. The van der Waals surface area contributed by atoms with E-state index in [0.717, 1.165) is 15.8 Å². The Labute approximate surface area is 104 Å². The molecule has 3 nitrogen and oxygen atoms in total. The van der Waals surface area contributed by atoms with Gasteiger partial charge in [-0.3, -0.25) is 0 Å². The number of halogens is 1. The molecule has 2 N–H and O–H groups in total. The molecule has 0 aromatic heterocycles. The number of nitrogens with two attached hydrogens (primary N) is 1. The second kappa shape index (κ2) is 6.55. The molecule has 0 spiro atoms. The summed E-state index contributed by atoms with van der Waals surface area (Å²) in [5.41, 5.74) is 6.59. The van der Waals surface area contributed by atoms with Crippen LogP contribution in [0, 0.1) is 0 Å². The van der Waals surface area contributed by atoms with E-state index in [0.29, 0.717) is 25.5 Å². The Morgan fingerprint density at radius 2 is 2.12 bits per heavy atom. The van der Waals surface area contributed by atoms with E-state index >= 15 is 0 Å². The smallest absolute Gasteiger partial charge is 0.161 e. The Kier molecular flexibility index (Phi) is 5.35. The third-order valence-electron chi connectivity index (χ3n) is 1.93. The SMILES string of the molecule is C=C(Br)COc1ccc(CN)cc1OCC. The molecular weight excluding hydrogens is 270 g/mol. The predicted molar refractivity (Wildman–Crippen MR) is 69.1 cm³/mol. The summed E-state index contributed by atoms with van der Waals surface area (Å²) in [6, 6.07) is 5.69. The Bertz CT molecular complexity index is 366. The summed E-state index contributed by atoms with van der Waals surface area (Å²) < 4.78 is 11.8. The van der Waals surface area contributed by atoms with Crippen LogP contribution in [-0.4, -0.2) is 13.2 Å². The molecule has 0 bridgehead atoms. The summed E-state index contributed by atoms with van der Waals surface area (Å²) in [5.74, 6) is 1.43. The van der Waals surface area contributed by atoms with Crippen LogP contribution in [0.25, 0.3) is 0 Å². The van der Waals surface area contributed by atoms with Gasteiger partial charge in [-0.25, -0.2) is 0 Å². The summed E-state index contributed by atoms with van der Waals surface area (Å²) in [4.78, 5) is 0. The third kappa shape index (κ3) is 3.87. The lowest BCUT2D eigenvalue weighted by molar-refractivity contribution is 0.296. The Morgan fingerprint density at radius 3 is 2.69 bits per heavy atom. The molecule has 0 atom stereocenters. The normalized spacial score (nSPS) is 9.94. The lowest BCUT2D eigenvalue weighted by atomic mass is 10.2. The van der Waals surface area contributed by atoms with Gasteiger partial charge >= 0.3 is 0 Å². The summed E-state index contributed by atoms with van der Waals surface area (Å²) in [6.07, 6.45) is 0. The second-order valence-electron chi connectivity index (χ2n) is 3.22. The zero-order valence-electron chi connectivity index (χ0n) is 9.33. The monoisotopic (exact) mass is 285 g/mol. The van der Waals surface area contributed by atoms with Crippen molar-refractivity contribution in [3.05, 3.63) is 34.8 Å². The number of hydrogen-bond acceptors (Lipinski definition) is 3. The van der Waals surface area contributed by atoms with Gasteiger partial charge in [-0.1, -0.05) is 28.6 Å². The average Bonchev–Trinajstić information content (AvgIpc) is 2.27. The largest absolute Gasteiger partial charge is 0.490 e. The van der Waals surface area contributed by atoms with Gasteiger partial charge in [0.25, 0.3) is 0 Å². The zero-order chi connectivity index (χ0) is 12.0. The fourth-order valence-corrected chi connectivity index (χ4v) is 1.34. The van der Waals surface area contributed by atoms with Crippen LogP contribution in [0.5, 0.6) is 11.5 Å². The van der Waals surface area contributed by atoms with E-state index in [1.165, 1.54) is 0 Å². The first-order chi connectivity index (χ1) is 7.67. The highest BCUT2D eigenvalue weighted by Gasteiger charge is 2.06. The highest BCUT2D eigenvalue weighted by Crippen LogP contribution is 2.28. The maximum absolute atomic E-state index is 5.57. The molecule has 0 heterocycles. The van der Waals surface area contributed by atoms with Crippen molar-refractivity contribution in [2.24, 2.45) is 5.73 Å². The maximum atomic E-state index is 5.57. The van der Waals surface area contributed by atoms with Gasteiger partial charge in [0, 0.05) is 11.0 Å². The lowest BCUT2D eigenvalue weighted by Crippen LogP contribution is -2.02. The molecular formula is C12H16BrNO2. The van der Waals surface area contributed by atoms with Crippen LogP contribution < -0.4 is 15.2 Å². The maximum Gasteiger partial charge on any atom is 0.161 e. The first kappa shape index (κ1) is 13.1. The molecule has 0 saturated carbocycles. The van der Waals surface area contributed by atoms with E-state index in [2.05, 4.69) is 22.5 Å². The minimum absolute atomic E-state index is 0.419. The highest BCUT2D eigenvalue weighted by molar-refractivity contribution is 9.11. The molecule has 0 saturated heterocycles. The lowest BCUT2D eigenvalue weighted by Gasteiger charge is -2.12. The summed E-state index contributed by atoms with van der Waals surface area (Å²) >= 11 is 3.24. The molecule has 0 fully saturated rings. The predicted octanol–water partition coefficient (Wildman–Crippen LogP) is 2.83. The average molecular weight is 286 g/mol. The molecule has 88 valence electrons. The zero-order valence-corrected chi connectivity index (χ0v) is 10.9. The second-order valence-corrected chi connectivity index (χ2v) is 4.35. The topological polar surface area (TPSA) is 44.5 Å². The van der Waals surface area contributed by atoms with E-state index in [1.807, 2.05) is 25.1 Å². The number of rotatable bonds is 6. The van der Waals surface area contributed by atoms with Gasteiger partial charge in [-0.2, -0.15) is 0 Å². The number of hydrogen-bond donors (Lipinski definition) is 1. The fourth-order valence-electron chi connectivity index (χ4n) is 1.22. The van der Waals surface area contributed by atoms with Gasteiger partial charge in [0.05, 0.1) is 6.61 Å². The van der Waals surface area contributed by atoms with E-state index in [-0.39, 0.29) is 0 Å². The summed E-state index contributed by atoms with van der Waals surface area (Å²) in [5, 5.41) is 0. The van der Waals surface area contributed by atoms with Crippen LogP contribution in [0.4, 0.5) is 0 Å². The van der Waals surface area contributed by atoms with Crippen molar-refractivity contribution in [1.29, 1.82) is 0 Å². The first-order valence-corrected chi connectivity index (χ1v) is 5.88. The van der Waals surface area contributed by atoms with E-state index in [9.17, 15) is 0 Å². The Hall–Kier alpha value is -1.00. The molecule has 0 aliphatic heterocycles. The van der Waals surface area contributed by atoms with Gasteiger partial charge in [-0.05, 0) is 24.6 Å². The number of benzene rings is 1. The number of ether oxygens (including phenoxy) is 2. The molecule has 0 unspecified atom stereocenters. The van der Waals surface area contributed by atoms with Crippen molar-refractivity contribution in [2.75, 3.05) is 13.2 Å². The van der Waals surface area contributed by atoms with Crippen LogP contribution in [0.15, 0.2) is 29.3 Å². The van der Waals surface area contributed by atoms with Gasteiger partial charge < -0.3 is 15.2 Å². The molecule has 4 heteroatoms.